The summed E-state index contributed by atoms with van der Waals surface area (Å²) in [7, 11) is 0. The van der Waals surface area contributed by atoms with Crippen LogP contribution in [-0.4, -0.2) is 29.8 Å². The minimum absolute atomic E-state index is 0.603. The zero-order valence-corrected chi connectivity index (χ0v) is 11.0. The summed E-state index contributed by atoms with van der Waals surface area (Å²) in [5, 5.41) is 9.40. The maximum Gasteiger partial charge on any atom is 0.216 e. The van der Waals surface area contributed by atoms with Gasteiger partial charge in [-0.05, 0) is 23.9 Å². The molecule has 0 atom stereocenters. The highest BCUT2D eigenvalue weighted by Gasteiger charge is 2.11. The molecule has 3 aromatic rings. The highest BCUT2D eigenvalue weighted by molar-refractivity contribution is 7.99. The first kappa shape index (κ1) is 11.8. The van der Waals surface area contributed by atoms with Gasteiger partial charge in [-0.25, -0.2) is 14.6 Å². The molecule has 0 bridgehead atoms. The predicted molar refractivity (Wildman–Crippen MR) is 71.0 cm³/mol. The van der Waals surface area contributed by atoms with Gasteiger partial charge in [0.2, 0.25) is 5.16 Å². The first-order chi connectivity index (χ1) is 9.28. The second kappa shape index (κ2) is 4.81. The van der Waals surface area contributed by atoms with Crippen LogP contribution in [0.5, 0.6) is 0 Å². The molecule has 0 radical (unpaired) electrons. The molecule has 8 heteroatoms. The quantitative estimate of drug-likeness (QED) is 0.712. The SMILES string of the molecule is CCc1nnc(Sc2ccc3nccnc3n2)n1N. The molecular weight excluding hydrogens is 262 g/mol. The largest absolute Gasteiger partial charge is 0.336 e. The molecule has 2 N–H and O–H groups in total. The van der Waals surface area contributed by atoms with Gasteiger partial charge in [-0.3, -0.25) is 4.98 Å². The van der Waals surface area contributed by atoms with Crippen molar-refractivity contribution >= 4 is 22.9 Å². The fraction of sp³-hybridized carbons (Fsp3) is 0.182. The average molecular weight is 273 g/mol. The van der Waals surface area contributed by atoms with E-state index in [-0.39, 0.29) is 0 Å². The Hall–Kier alpha value is -2.22. The van der Waals surface area contributed by atoms with E-state index in [1.165, 1.54) is 16.4 Å². The van der Waals surface area contributed by atoms with Crippen LogP contribution in [0.15, 0.2) is 34.7 Å². The van der Waals surface area contributed by atoms with E-state index in [4.69, 9.17) is 5.84 Å². The summed E-state index contributed by atoms with van der Waals surface area (Å²) in [4.78, 5) is 12.7. The lowest BCUT2D eigenvalue weighted by Crippen LogP contribution is -2.13. The van der Waals surface area contributed by atoms with Crippen molar-refractivity contribution in [2.75, 3.05) is 5.84 Å². The van der Waals surface area contributed by atoms with Crippen LogP contribution in [0.4, 0.5) is 0 Å². The first-order valence-corrected chi connectivity index (χ1v) is 6.54. The summed E-state index contributed by atoms with van der Waals surface area (Å²) < 4.78 is 1.48. The van der Waals surface area contributed by atoms with Crippen molar-refractivity contribution in [3.63, 3.8) is 0 Å². The number of pyridine rings is 1. The average Bonchev–Trinajstić information content (AvgIpc) is 2.79. The van der Waals surface area contributed by atoms with Crippen molar-refractivity contribution in [3.05, 3.63) is 30.4 Å². The van der Waals surface area contributed by atoms with Gasteiger partial charge in [0.15, 0.2) is 11.5 Å². The van der Waals surface area contributed by atoms with E-state index in [0.29, 0.717) is 10.8 Å². The molecule has 0 aromatic carbocycles. The standard InChI is InChI=1S/C11H11N7S/c1-2-8-16-17-11(18(8)12)19-9-4-3-7-10(15-9)14-6-5-13-7/h3-6H,2,12H2,1H3. The van der Waals surface area contributed by atoms with Gasteiger partial charge in [0, 0.05) is 18.8 Å². The Morgan fingerprint density at radius 1 is 1.21 bits per heavy atom. The Balaban J connectivity index is 1.94. The summed E-state index contributed by atoms with van der Waals surface area (Å²) in [6.07, 6.45) is 3.99. The molecule has 0 aliphatic rings. The molecule has 0 spiro atoms. The fourth-order valence-electron chi connectivity index (χ4n) is 1.61. The zero-order valence-electron chi connectivity index (χ0n) is 10.2. The number of hydrogen-bond donors (Lipinski definition) is 1. The smallest absolute Gasteiger partial charge is 0.216 e. The van der Waals surface area contributed by atoms with Gasteiger partial charge in [0.05, 0.1) is 0 Å². The Labute approximate surface area is 113 Å². The number of fused-ring (bicyclic) bond motifs is 1. The van der Waals surface area contributed by atoms with Gasteiger partial charge < -0.3 is 5.84 Å². The van der Waals surface area contributed by atoms with E-state index in [2.05, 4.69) is 25.1 Å². The normalized spacial score (nSPS) is 11.0. The van der Waals surface area contributed by atoms with E-state index in [1.54, 1.807) is 12.4 Å². The van der Waals surface area contributed by atoms with Crippen LogP contribution in [-0.2, 0) is 6.42 Å². The Morgan fingerprint density at radius 2 is 2.05 bits per heavy atom. The second-order valence-corrected chi connectivity index (χ2v) is 4.76. The number of nitrogens with zero attached hydrogens (tertiary/aromatic N) is 6. The summed E-state index contributed by atoms with van der Waals surface area (Å²) in [6.45, 7) is 1.98. The van der Waals surface area contributed by atoms with Crippen LogP contribution in [0.2, 0.25) is 0 Å². The van der Waals surface area contributed by atoms with Crippen molar-refractivity contribution in [1.29, 1.82) is 0 Å². The summed E-state index contributed by atoms with van der Waals surface area (Å²) in [5.74, 6) is 6.63. The molecule has 0 amide bonds. The van der Waals surface area contributed by atoms with E-state index in [0.717, 1.165) is 22.8 Å². The van der Waals surface area contributed by atoms with Crippen LogP contribution in [0.1, 0.15) is 12.7 Å². The molecule has 0 aliphatic heterocycles. The van der Waals surface area contributed by atoms with Crippen LogP contribution in [0.25, 0.3) is 11.2 Å². The van der Waals surface area contributed by atoms with Gasteiger partial charge in [-0.2, -0.15) is 0 Å². The van der Waals surface area contributed by atoms with Crippen LogP contribution in [0.3, 0.4) is 0 Å². The molecular formula is C11H11N7S. The van der Waals surface area contributed by atoms with Gasteiger partial charge >= 0.3 is 0 Å². The molecule has 19 heavy (non-hydrogen) atoms. The number of nitrogens with two attached hydrogens (primary N) is 1. The van der Waals surface area contributed by atoms with Crippen molar-refractivity contribution in [3.8, 4) is 0 Å². The van der Waals surface area contributed by atoms with E-state index in [9.17, 15) is 0 Å². The molecule has 3 heterocycles. The molecule has 0 unspecified atom stereocenters. The monoisotopic (exact) mass is 273 g/mol. The third kappa shape index (κ3) is 2.22. The third-order valence-corrected chi connectivity index (χ3v) is 3.45. The van der Waals surface area contributed by atoms with E-state index < -0.39 is 0 Å². The van der Waals surface area contributed by atoms with Crippen LogP contribution < -0.4 is 5.84 Å². The lowest BCUT2D eigenvalue weighted by atomic mass is 10.4. The number of rotatable bonds is 3. The van der Waals surface area contributed by atoms with Crippen molar-refractivity contribution in [2.45, 2.75) is 23.5 Å². The van der Waals surface area contributed by atoms with Crippen LogP contribution in [0, 0.1) is 0 Å². The lowest BCUT2D eigenvalue weighted by Gasteiger charge is -2.02. The highest BCUT2D eigenvalue weighted by atomic mass is 32.2. The molecule has 0 fully saturated rings. The molecule has 0 saturated carbocycles. The molecule has 96 valence electrons. The van der Waals surface area contributed by atoms with Gasteiger partial charge in [0.1, 0.15) is 10.5 Å². The molecule has 3 rings (SSSR count). The fourth-order valence-corrected chi connectivity index (χ4v) is 2.35. The Kier molecular flexibility index (Phi) is 3.00. The molecule has 7 nitrogen and oxygen atoms in total. The lowest BCUT2D eigenvalue weighted by molar-refractivity contribution is 0.795. The predicted octanol–water partition coefficient (Wildman–Crippen LogP) is 1.04. The molecule has 0 saturated heterocycles. The van der Waals surface area contributed by atoms with E-state index >= 15 is 0 Å². The van der Waals surface area contributed by atoms with Crippen LogP contribution >= 0.6 is 11.8 Å². The molecule has 0 aliphatic carbocycles. The minimum atomic E-state index is 0.603. The first-order valence-electron chi connectivity index (χ1n) is 5.73. The van der Waals surface area contributed by atoms with Gasteiger partial charge in [-0.15, -0.1) is 10.2 Å². The van der Waals surface area contributed by atoms with Crippen molar-refractivity contribution in [2.24, 2.45) is 0 Å². The number of nitrogen functional groups attached to an aromatic ring is 1. The highest BCUT2D eigenvalue weighted by Crippen LogP contribution is 2.24. The third-order valence-electron chi connectivity index (χ3n) is 2.55. The minimum Gasteiger partial charge on any atom is -0.336 e. The number of aryl methyl sites for hydroxylation is 1. The van der Waals surface area contributed by atoms with Crippen molar-refractivity contribution in [1.82, 2.24) is 29.8 Å². The zero-order chi connectivity index (χ0) is 13.2. The Morgan fingerprint density at radius 3 is 2.84 bits per heavy atom. The number of aromatic nitrogens is 6. The topological polar surface area (TPSA) is 95.4 Å². The maximum absolute atomic E-state index is 5.89. The molecule has 3 aromatic heterocycles. The Bertz CT molecular complexity index is 724. The summed E-state index contributed by atoms with van der Waals surface area (Å²) in [6, 6.07) is 3.73. The van der Waals surface area contributed by atoms with Crippen molar-refractivity contribution < 1.29 is 0 Å². The summed E-state index contributed by atoms with van der Waals surface area (Å²) >= 11 is 1.35. The van der Waals surface area contributed by atoms with Gasteiger partial charge in [0.25, 0.3) is 0 Å². The van der Waals surface area contributed by atoms with E-state index in [1.807, 2.05) is 19.1 Å². The second-order valence-electron chi connectivity index (χ2n) is 3.77. The maximum atomic E-state index is 5.89. The van der Waals surface area contributed by atoms with Gasteiger partial charge in [-0.1, -0.05) is 6.92 Å². The number of hydrogen-bond acceptors (Lipinski definition) is 7. The summed E-state index contributed by atoms with van der Waals surface area (Å²) in [5.41, 5.74) is 1.36.